The molecule has 2 heterocycles. The molecule has 2 fully saturated rings. The van der Waals surface area contributed by atoms with E-state index in [-0.39, 0.29) is 17.9 Å². The number of carbonyl (C=O) groups excluding carboxylic acids is 1. The number of nitrogens with one attached hydrogen (secondary N) is 2. The van der Waals surface area contributed by atoms with Crippen LogP contribution in [0.15, 0.2) is 0 Å². The SMILES string of the molecule is CC(CN1CCCCC1)NC(=O)[C@@H]1CCCNC1. The third-order valence-electron chi connectivity index (χ3n) is 4.04. The van der Waals surface area contributed by atoms with E-state index < -0.39 is 0 Å². The number of likely N-dealkylation sites (tertiary alicyclic amines) is 1. The molecular weight excluding hydrogens is 226 g/mol. The highest BCUT2D eigenvalue weighted by molar-refractivity contribution is 5.79. The maximum Gasteiger partial charge on any atom is 0.224 e. The Morgan fingerprint density at radius 2 is 2.11 bits per heavy atom. The van der Waals surface area contributed by atoms with Crippen molar-refractivity contribution in [2.45, 2.75) is 45.1 Å². The van der Waals surface area contributed by atoms with Crippen LogP contribution < -0.4 is 10.6 Å². The predicted molar refractivity (Wildman–Crippen MR) is 73.5 cm³/mol. The lowest BCUT2D eigenvalue weighted by Crippen LogP contribution is -2.48. The second-order valence-electron chi connectivity index (χ2n) is 5.81. The summed E-state index contributed by atoms with van der Waals surface area (Å²) in [7, 11) is 0. The molecule has 104 valence electrons. The minimum absolute atomic E-state index is 0.183. The second-order valence-corrected chi connectivity index (χ2v) is 5.81. The third-order valence-corrected chi connectivity index (χ3v) is 4.04. The van der Waals surface area contributed by atoms with E-state index in [9.17, 15) is 4.79 Å². The Morgan fingerprint density at radius 3 is 2.78 bits per heavy atom. The van der Waals surface area contributed by atoms with Gasteiger partial charge in [-0.3, -0.25) is 4.79 Å². The van der Waals surface area contributed by atoms with E-state index in [0.29, 0.717) is 0 Å². The van der Waals surface area contributed by atoms with Crippen LogP contribution in [0.3, 0.4) is 0 Å². The van der Waals surface area contributed by atoms with Crippen LogP contribution in [0.4, 0.5) is 0 Å². The first kappa shape index (κ1) is 13.8. The fourth-order valence-electron chi connectivity index (χ4n) is 3.01. The summed E-state index contributed by atoms with van der Waals surface area (Å²) in [5.41, 5.74) is 0. The molecule has 0 bridgehead atoms. The van der Waals surface area contributed by atoms with Crippen molar-refractivity contribution in [1.29, 1.82) is 0 Å². The topological polar surface area (TPSA) is 44.4 Å². The zero-order valence-electron chi connectivity index (χ0n) is 11.6. The van der Waals surface area contributed by atoms with E-state index in [1.165, 1.54) is 32.4 Å². The molecule has 2 rings (SSSR count). The van der Waals surface area contributed by atoms with Gasteiger partial charge in [0.2, 0.25) is 5.91 Å². The molecular formula is C14H27N3O. The first-order chi connectivity index (χ1) is 8.75. The largest absolute Gasteiger partial charge is 0.352 e. The van der Waals surface area contributed by atoms with Gasteiger partial charge in [-0.2, -0.15) is 0 Å². The molecule has 4 nitrogen and oxygen atoms in total. The average Bonchev–Trinajstić information content (AvgIpc) is 2.40. The summed E-state index contributed by atoms with van der Waals surface area (Å²) in [5, 5.41) is 6.48. The smallest absolute Gasteiger partial charge is 0.224 e. The summed E-state index contributed by atoms with van der Waals surface area (Å²) in [6, 6.07) is 0.275. The highest BCUT2D eigenvalue weighted by Gasteiger charge is 2.22. The zero-order chi connectivity index (χ0) is 12.8. The Bertz CT molecular complexity index is 258. The number of amides is 1. The molecule has 4 heteroatoms. The predicted octanol–water partition coefficient (Wildman–Crippen LogP) is 0.977. The van der Waals surface area contributed by atoms with E-state index in [4.69, 9.17) is 0 Å². The molecule has 1 amide bonds. The number of carbonyl (C=O) groups is 1. The standard InChI is InChI=1S/C14H27N3O/c1-12(11-17-8-3-2-4-9-17)16-14(18)13-6-5-7-15-10-13/h12-13,15H,2-11H2,1H3,(H,16,18)/t12?,13-/m1/s1. The van der Waals surface area contributed by atoms with Crippen molar-refractivity contribution in [3.63, 3.8) is 0 Å². The van der Waals surface area contributed by atoms with E-state index in [2.05, 4.69) is 22.5 Å². The molecule has 2 saturated heterocycles. The summed E-state index contributed by atoms with van der Waals surface area (Å²) in [4.78, 5) is 14.6. The lowest BCUT2D eigenvalue weighted by molar-refractivity contribution is -0.126. The summed E-state index contributed by atoms with van der Waals surface area (Å²) < 4.78 is 0. The summed E-state index contributed by atoms with van der Waals surface area (Å²) in [6.07, 6.45) is 6.15. The molecule has 2 N–H and O–H groups in total. The number of hydrogen-bond donors (Lipinski definition) is 2. The molecule has 2 atom stereocenters. The molecule has 0 radical (unpaired) electrons. The van der Waals surface area contributed by atoms with Gasteiger partial charge in [-0.1, -0.05) is 6.42 Å². The Kier molecular flexibility index (Phi) is 5.45. The fourth-order valence-corrected chi connectivity index (χ4v) is 3.01. The van der Waals surface area contributed by atoms with Gasteiger partial charge in [-0.25, -0.2) is 0 Å². The summed E-state index contributed by atoms with van der Waals surface area (Å²) in [6.45, 7) is 7.44. The van der Waals surface area contributed by atoms with Gasteiger partial charge in [-0.05, 0) is 52.2 Å². The molecule has 0 spiro atoms. The third kappa shape index (κ3) is 4.25. The van der Waals surface area contributed by atoms with Crippen LogP contribution in [0, 0.1) is 5.92 Å². The van der Waals surface area contributed by atoms with Gasteiger partial charge >= 0.3 is 0 Å². The molecule has 2 aliphatic heterocycles. The van der Waals surface area contributed by atoms with E-state index in [1.54, 1.807) is 0 Å². The van der Waals surface area contributed by atoms with Crippen LogP contribution in [-0.2, 0) is 4.79 Å². The fraction of sp³-hybridized carbons (Fsp3) is 0.929. The number of hydrogen-bond acceptors (Lipinski definition) is 3. The van der Waals surface area contributed by atoms with Gasteiger partial charge in [0.25, 0.3) is 0 Å². The van der Waals surface area contributed by atoms with E-state index in [1.807, 2.05) is 0 Å². The first-order valence-corrected chi connectivity index (χ1v) is 7.49. The minimum atomic E-state index is 0.183. The van der Waals surface area contributed by atoms with Crippen molar-refractivity contribution < 1.29 is 4.79 Å². The van der Waals surface area contributed by atoms with Crippen molar-refractivity contribution in [3.05, 3.63) is 0 Å². The lowest BCUT2D eigenvalue weighted by Gasteiger charge is -2.30. The average molecular weight is 253 g/mol. The van der Waals surface area contributed by atoms with Gasteiger partial charge in [0.15, 0.2) is 0 Å². The van der Waals surface area contributed by atoms with Gasteiger partial charge in [0.1, 0.15) is 0 Å². The van der Waals surface area contributed by atoms with Crippen LogP contribution in [0.1, 0.15) is 39.0 Å². The Hall–Kier alpha value is -0.610. The molecule has 1 unspecified atom stereocenters. The quantitative estimate of drug-likeness (QED) is 0.785. The molecule has 0 saturated carbocycles. The molecule has 0 aromatic heterocycles. The Morgan fingerprint density at radius 1 is 1.33 bits per heavy atom. The van der Waals surface area contributed by atoms with Gasteiger partial charge in [-0.15, -0.1) is 0 Å². The highest BCUT2D eigenvalue weighted by Crippen LogP contribution is 2.11. The second kappa shape index (κ2) is 7.10. The van der Waals surface area contributed by atoms with Crippen molar-refractivity contribution in [2.24, 2.45) is 5.92 Å². The molecule has 18 heavy (non-hydrogen) atoms. The monoisotopic (exact) mass is 253 g/mol. The Balaban J connectivity index is 1.68. The van der Waals surface area contributed by atoms with Crippen molar-refractivity contribution >= 4 is 5.91 Å². The van der Waals surface area contributed by atoms with E-state index >= 15 is 0 Å². The Labute approximate surface area is 110 Å². The van der Waals surface area contributed by atoms with Crippen LogP contribution in [0.5, 0.6) is 0 Å². The molecule has 0 aromatic rings. The van der Waals surface area contributed by atoms with Gasteiger partial charge in [0, 0.05) is 19.1 Å². The molecule has 2 aliphatic rings. The highest BCUT2D eigenvalue weighted by atomic mass is 16.2. The van der Waals surface area contributed by atoms with Crippen LogP contribution in [0.25, 0.3) is 0 Å². The van der Waals surface area contributed by atoms with E-state index in [0.717, 1.165) is 32.5 Å². The minimum Gasteiger partial charge on any atom is -0.352 e. The maximum atomic E-state index is 12.1. The first-order valence-electron chi connectivity index (χ1n) is 7.49. The lowest BCUT2D eigenvalue weighted by atomic mass is 9.98. The van der Waals surface area contributed by atoms with Gasteiger partial charge < -0.3 is 15.5 Å². The summed E-state index contributed by atoms with van der Waals surface area (Å²) in [5.74, 6) is 0.425. The van der Waals surface area contributed by atoms with Crippen LogP contribution in [0.2, 0.25) is 0 Å². The van der Waals surface area contributed by atoms with Crippen molar-refractivity contribution in [2.75, 3.05) is 32.7 Å². The summed E-state index contributed by atoms with van der Waals surface area (Å²) >= 11 is 0. The normalized spacial score (nSPS) is 27.7. The zero-order valence-corrected chi connectivity index (χ0v) is 11.6. The van der Waals surface area contributed by atoms with Gasteiger partial charge in [0.05, 0.1) is 5.92 Å². The molecule has 0 aromatic carbocycles. The molecule has 0 aliphatic carbocycles. The number of piperidine rings is 2. The van der Waals surface area contributed by atoms with Crippen LogP contribution >= 0.6 is 0 Å². The maximum absolute atomic E-state index is 12.1. The van der Waals surface area contributed by atoms with Crippen molar-refractivity contribution in [3.8, 4) is 0 Å². The number of rotatable bonds is 4. The number of nitrogens with zero attached hydrogens (tertiary/aromatic N) is 1. The van der Waals surface area contributed by atoms with Crippen LogP contribution in [-0.4, -0.2) is 49.6 Å². The van der Waals surface area contributed by atoms with Crippen molar-refractivity contribution in [1.82, 2.24) is 15.5 Å².